The molecule has 0 bridgehead atoms. The van der Waals surface area contributed by atoms with Crippen LogP contribution < -0.4 is 27.2 Å². The third-order valence-electron chi connectivity index (χ3n) is 2.74. The summed E-state index contributed by atoms with van der Waals surface area (Å²) in [5.74, 6) is 0.407. The zero-order valence-electron chi connectivity index (χ0n) is 11.0. The van der Waals surface area contributed by atoms with Crippen LogP contribution in [-0.2, 0) is 0 Å². The Morgan fingerprint density at radius 1 is 1.26 bits per heavy atom. The van der Waals surface area contributed by atoms with Gasteiger partial charge in [-0.3, -0.25) is 0 Å². The van der Waals surface area contributed by atoms with Crippen LogP contribution in [0.3, 0.4) is 0 Å². The first-order valence-electron chi connectivity index (χ1n) is 6.08. The number of nitrogens with one attached hydrogen (secondary N) is 1. The van der Waals surface area contributed by atoms with Crippen molar-refractivity contribution < 1.29 is 31.4 Å². The van der Waals surface area contributed by atoms with Crippen molar-refractivity contribution in [2.24, 2.45) is 0 Å². The van der Waals surface area contributed by atoms with Crippen LogP contribution in [0.2, 0.25) is 0 Å². The molecule has 0 radical (unpaired) electrons. The second-order valence-electron chi connectivity index (χ2n) is 4.60. The molecule has 1 unspecified atom stereocenters. The van der Waals surface area contributed by atoms with E-state index >= 15 is 0 Å². The van der Waals surface area contributed by atoms with Crippen LogP contribution in [0.25, 0.3) is 0 Å². The smallest absolute Gasteiger partial charge is 0.164 e. The first kappa shape index (κ1) is 16.0. The highest BCUT2D eigenvalue weighted by molar-refractivity contribution is 5.45. The number of rotatable bonds is 4. The molecule has 0 saturated carbocycles. The molecule has 19 heavy (non-hydrogen) atoms. The van der Waals surface area contributed by atoms with E-state index in [4.69, 9.17) is 9.47 Å². The number of fused-ring (bicyclic) bond motifs is 1. The zero-order valence-corrected chi connectivity index (χ0v) is 11.7. The van der Waals surface area contributed by atoms with E-state index in [0.29, 0.717) is 31.3 Å². The summed E-state index contributed by atoms with van der Waals surface area (Å²) in [7, 11) is 0. The van der Waals surface area contributed by atoms with E-state index < -0.39 is 11.9 Å². The second-order valence-corrected chi connectivity index (χ2v) is 4.60. The van der Waals surface area contributed by atoms with E-state index in [2.05, 4.69) is 5.32 Å². The predicted octanol–water partition coefficient (Wildman–Crippen LogP) is -1.37. The van der Waals surface area contributed by atoms with Crippen LogP contribution in [-0.4, -0.2) is 30.9 Å². The molecule has 0 aromatic heterocycles. The molecular weight excluding hydrogens is 273 g/mol. The molecule has 108 valence electrons. The van der Waals surface area contributed by atoms with E-state index in [9.17, 15) is 9.50 Å². The highest BCUT2D eigenvalue weighted by Crippen LogP contribution is 2.34. The molecule has 0 saturated heterocycles. The Kier molecular flexibility index (Phi) is 5.85. The fourth-order valence-corrected chi connectivity index (χ4v) is 1.79. The summed E-state index contributed by atoms with van der Waals surface area (Å²) in [6, 6.07) is 3.01. The fourth-order valence-electron chi connectivity index (χ4n) is 1.79. The molecular formula is C13H18ClFNO3-. The lowest BCUT2D eigenvalue weighted by Crippen LogP contribution is -3.00. The number of benzene rings is 1. The molecule has 1 aliphatic heterocycles. The molecule has 2 N–H and O–H groups in total. The minimum Gasteiger partial charge on any atom is -1.00 e. The summed E-state index contributed by atoms with van der Waals surface area (Å²) in [5, 5.41) is 13.0. The van der Waals surface area contributed by atoms with Gasteiger partial charge in [-0.25, -0.2) is 4.39 Å². The van der Waals surface area contributed by atoms with Gasteiger partial charge in [-0.1, -0.05) is 13.8 Å². The standard InChI is InChI=1S/C13H18FNO3.ClH/c1-8(2)15-7-11(16)9-5-12-13(6-10(9)14)18-4-3-17-12;/h5-6,8,11,15-16H,3-4,7H2,1-2H3;1H/p-1. The molecule has 0 spiro atoms. The quantitative estimate of drug-likeness (QED) is 0.719. The van der Waals surface area contributed by atoms with Crippen LogP contribution in [0.5, 0.6) is 11.5 Å². The maximum Gasteiger partial charge on any atom is 0.164 e. The van der Waals surface area contributed by atoms with Gasteiger partial charge < -0.3 is 32.3 Å². The molecule has 0 aliphatic carbocycles. The number of halogens is 2. The van der Waals surface area contributed by atoms with Crippen molar-refractivity contribution in [3.63, 3.8) is 0 Å². The fraction of sp³-hybridized carbons (Fsp3) is 0.538. The average Bonchev–Trinajstić information content (AvgIpc) is 2.35. The normalized spacial score (nSPS) is 15.0. The van der Waals surface area contributed by atoms with Gasteiger partial charge in [0.05, 0.1) is 6.10 Å². The Morgan fingerprint density at radius 3 is 2.42 bits per heavy atom. The molecule has 0 amide bonds. The lowest BCUT2D eigenvalue weighted by molar-refractivity contribution is -0.00000688. The van der Waals surface area contributed by atoms with Crippen LogP contribution in [0.1, 0.15) is 25.5 Å². The first-order valence-corrected chi connectivity index (χ1v) is 6.08. The van der Waals surface area contributed by atoms with Gasteiger partial charge in [0, 0.05) is 24.2 Å². The van der Waals surface area contributed by atoms with E-state index in [1.54, 1.807) is 0 Å². The largest absolute Gasteiger partial charge is 1.00 e. The van der Waals surface area contributed by atoms with Crippen LogP contribution >= 0.6 is 0 Å². The third kappa shape index (κ3) is 3.96. The molecule has 4 nitrogen and oxygen atoms in total. The minimum absolute atomic E-state index is 0. The first-order chi connectivity index (χ1) is 8.58. The van der Waals surface area contributed by atoms with Crippen LogP contribution in [0.4, 0.5) is 4.39 Å². The lowest BCUT2D eigenvalue weighted by atomic mass is 10.1. The maximum absolute atomic E-state index is 13.8. The molecule has 1 atom stereocenters. The van der Waals surface area contributed by atoms with E-state index in [1.807, 2.05) is 13.8 Å². The van der Waals surface area contributed by atoms with Gasteiger partial charge in [0.25, 0.3) is 0 Å². The minimum atomic E-state index is -0.900. The molecule has 6 heteroatoms. The molecule has 1 aromatic carbocycles. The lowest BCUT2D eigenvalue weighted by Gasteiger charge is -2.21. The molecule has 2 rings (SSSR count). The van der Waals surface area contributed by atoms with Crippen molar-refractivity contribution in [1.29, 1.82) is 0 Å². The van der Waals surface area contributed by atoms with E-state index in [1.165, 1.54) is 12.1 Å². The van der Waals surface area contributed by atoms with E-state index in [-0.39, 0.29) is 24.0 Å². The van der Waals surface area contributed by atoms with Gasteiger partial charge in [-0.05, 0) is 6.07 Å². The Morgan fingerprint density at radius 2 is 1.84 bits per heavy atom. The summed E-state index contributed by atoms with van der Waals surface area (Å²) in [6.45, 7) is 5.09. The van der Waals surface area contributed by atoms with Gasteiger partial charge >= 0.3 is 0 Å². The van der Waals surface area contributed by atoms with E-state index in [0.717, 1.165) is 0 Å². The number of hydrogen-bond acceptors (Lipinski definition) is 4. The maximum atomic E-state index is 13.8. The van der Waals surface area contributed by atoms with Crippen LogP contribution in [0.15, 0.2) is 12.1 Å². The Labute approximate surface area is 118 Å². The molecule has 1 aromatic rings. The monoisotopic (exact) mass is 290 g/mol. The van der Waals surface area contributed by atoms with Gasteiger partial charge in [0.1, 0.15) is 19.0 Å². The molecule has 1 aliphatic rings. The number of aliphatic hydroxyl groups is 1. The number of ether oxygens (including phenoxy) is 2. The Hall–Kier alpha value is -1.04. The second kappa shape index (κ2) is 6.93. The Balaban J connectivity index is 0.00000180. The van der Waals surface area contributed by atoms with Gasteiger partial charge in [-0.2, -0.15) is 0 Å². The van der Waals surface area contributed by atoms with Gasteiger partial charge in [-0.15, -0.1) is 0 Å². The predicted molar refractivity (Wildman–Crippen MR) is 65.5 cm³/mol. The summed E-state index contributed by atoms with van der Waals surface area (Å²) >= 11 is 0. The zero-order chi connectivity index (χ0) is 13.1. The Bertz CT molecular complexity index is 429. The van der Waals surface area contributed by atoms with Crippen molar-refractivity contribution in [3.8, 4) is 11.5 Å². The van der Waals surface area contributed by atoms with Crippen molar-refractivity contribution in [2.45, 2.75) is 26.0 Å². The average molecular weight is 291 g/mol. The summed E-state index contributed by atoms with van der Waals surface area (Å²) in [4.78, 5) is 0. The van der Waals surface area contributed by atoms with Crippen molar-refractivity contribution in [2.75, 3.05) is 19.8 Å². The highest BCUT2D eigenvalue weighted by atomic mass is 35.5. The summed E-state index contributed by atoms with van der Waals surface area (Å²) < 4.78 is 24.5. The van der Waals surface area contributed by atoms with Gasteiger partial charge in [0.15, 0.2) is 11.5 Å². The third-order valence-corrected chi connectivity index (χ3v) is 2.74. The topological polar surface area (TPSA) is 50.7 Å². The highest BCUT2D eigenvalue weighted by Gasteiger charge is 2.20. The SMILES string of the molecule is CC(C)NCC(O)c1cc2c(cc1F)OCCO2.[Cl-]. The van der Waals surface area contributed by atoms with Crippen molar-refractivity contribution in [1.82, 2.24) is 5.32 Å². The number of aliphatic hydroxyl groups excluding tert-OH is 1. The van der Waals surface area contributed by atoms with Crippen LogP contribution in [0, 0.1) is 5.82 Å². The van der Waals surface area contributed by atoms with Crippen molar-refractivity contribution in [3.05, 3.63) is 23.5 Å². The van der Waals surface area contributed by atoms with Crippen molar-refractivity contribution >= 4 is 0 Å². The van der Waals surface area contributed by atoms with Gasteiger partial charge in [0.2, 0.25) is 0 Å². The molecule has 0 fully saturated rings. The molecule has 1 heterocycles. The summed E-state index contributed by atoms with van der Waals surface area (Å²) in [5.41, 5.74) is 0.229. The summed E-state index contributed by atoms with van der Waals surface area (Å²) in [6.07, 6.45) is -0.900. The number of hydrogen-bond donors (Lipinski definition) is 2.